The number of benzene rings is 2. The van der Waals surface area contributed by atoms with Crippen LogP contribution in [0, 0.1) is 23.7 Å². The fourth-order valence-electron chi connectivity index (χ4n) is 4.54. The molecule has 2 N–H and O–H groups in total. The van der Waals surface area contributed by atoms with E-state index in [0.717, 1.165) is 22.5 Å². The molecule has 1 aliphatic heterocycles. The molecule has 0 unspecified atom stereocenters. The van der Waals surface area contributed by atoms with E-state index in [1.54, 1.807) is 12.1 Å². The Morgan fingerprint density at radius 3 is 2.65 bits per heavy atom. The lowest BCUT2D eigenvalue weighted by molar-refractivity contribution is -0.118. The molecule has 1 amide bonds. The summed E-state index contributed by atoms with van der Waals surface area (Å²) in [5, 5.41) is 17.6. The molecule has 0 saturated carbocycles. The molecule has 0 fully saturated rings. The van der Waals surface area contributed by atoms with Gasteiger partial charge in [-0.2, -0.15) is 5.26 Å². The normalized spacial score (nSPS) is 19.3. The molecule has 0 spiro atoms. The third-order valence-corrected chi connectivity index (χ3v) is 7.25. The van der Waals surface area contributed by atoms with Gasteiger partial charge in [0.05, 0.1) is 28.3 Å². The highest BCUT2D eigenvalue weighted by atomic mass is 35.5. The van der Waals surface area contributed by atoms with Crippen LogP contribution < -0.4 is 10.6 Å². The van der Waals surface area contributed by atoms with E-state index in [1.165, 1.54) is 11.8 Å². The Bertz CT molecular complexity index is 1260. The number of amides is 1. The van der Waals surface area contributed by atoms with Gasteiger partial charge >= 0.3 is 0 Å². The van der Waals surface area contributed by atoms with Crippen molar-refractivity contribution >= 4 is 40.7 Å². The van der Waals surface area contributed by atoms with Crippen LogP contribution in [-0.2, 0) is 9.59 Å². The maximum absolute atomic E-state index is 13.2. The number of rotatable bonds is 5. The summed E-state index contributed by atoms with van der Waals surface area (Å²) >= 11 is 7.38. The lowest BCUT2D eigenvalue weighted by Gasteiger charge is -2.39. The van der Waals surface area contributed by atoms with Crippen LogP contribution in [0.5, 0.6) is 0 Å². The largest absolute Gasteiger partial charge is 0.352 e. The van der Waals surface area contributed by atoms with Gasteiger partial charge in [0.25, 0.3) is 0 Å². The summed E-state index contributed by atoms with van der Waals surface area (Å²) in [6.45, 7) is 6.11. The third-order valence-electron chi connectivity index (χ3n) is 5.98. The molecule has 34 heavy (non-hydrogen) atoms. The molecule has 2 aromatic rings. The number of Topliss-reactive ketones (excluding diaryl/α,β-unsaturated/α-hetero) is 1. The van der Waals surface area contributed by atoms with Crippen molar-refractivity contribution in [3.05, 3.63) is 86.6 Å². The lowest BCUT2D eigenvalue weighted by Crippen LogP contribution is -2.37. The maximum Gasteiger partial charge on any atom is 0.234 e. The second kappa shape index (κ2) is 9.69. The van der Waals surface area contributed by atoms with Crippen LogP contribution in [0.3, 0.4) is 0 Å². The molecule has 5 nitrogen and oxygen atoms in total. The average Bonchev–Trinajstić information content (AvgIpc) is 2.76. The van der Waals surface area contributed by atoms with Crippen LogP contribution in [0.2, 0.25) is 5.02 Å². The number of ketones is 1. The summed E-state index contributed by atoms with van der Waals surface area (Å²) < 4.78 is 0. The van der Waals surface area contributed by atoms with Gasteiger partial charge in [-0.3, -0.25) is 9.59 Å². The van der Waals surface area contributed by atoms with Gasteiger partial charge in [-0.1, -0.05) is 61.5 Å². The van der Waals surface area contributed by atoms with Crippen molar-refractivity contribution in [2.75, 3.05) is 11.1 Å². The first kappa shape index (κ1) is 24.1. The van der Waals surface area contributed by atoms with Crippen molar-refractivity contribution in [1.29, 1.82) is 5.26 Å². The van der Waals surface area contributed by atoms with E-state index < -0.39 is 5.92 Å². The van der Waals surface area contributed by atoms with E-state index in [2.05, 4.69) is 30.6 Å². The maximum atomic E-state index is 13.2. The number of nitrogens with one attached hydrogen (secondary N) is 2. The Morgan fingerprint density at radius 1 is 1.24 bits per heavy atom. The summed E-state index contributed by atoms with van der Waals surface area (Å²) in [6, 6.07) is 17.2. The second-order valence-electron chi connectivity index (χ2n) is 9.50. The Labute approximate surface area is 209 Å². The van der Waals surface area contributed by atoms with Gasteiger partial charge in [-0.25, -0.2) is 0 Å². The topological polar surface area (TPSA) is 82.0 Å². The zero-order chi connectivity index (χ0) is 24.5. The minimum Gasteiger partial charge on any atom is -0.352 e. The number of nitriles is 1. The number of halogens is 1. The van der Waals surface area contributed by atoms with Crippen LogP contribution >= 0.6 is 23.4 Å². The smallest absolute Gasteiger partial charge is 0.234 e. The van der Waals surface area contributed by atoms with E-state index in [1.807, 2.05) is 43.3 Å². The van der Waals surface area contributed by atoms with E-state index in [-0.39, 0.29) is 22.9 Å². The van der Waals surface area contributed by atoms with Crippen molar-refractivity contribution in [2.45, 2.75) is 39.5 Å². The van der Waals surface area contributed by atoms with Crippen molar-refractivity contribution in [3.63, 3.8) is 0 Å². The zero-order valence-electron chi connectivity index (χ0n) is 19.4. The van der Waals surface area contributed by atoms with Gasteiger partial charge in [0.2, 0.25) is 5.91 Å². The summed E-state index contributed by atoms with van der Waals surface area (Å²) in [4.78, 5) is 25.9. The van der Waals surface area contributed by atoms with Crippen molar-refractivity contribution in [1.82, 2.24) is 5.32 Å². The highest BCUT2D eigenvalue weighted by Crippen LogP contribution is 2.47. The molecule has 1 aliphatic carbocycles. The number of allylic oxidation sites excluding steroid dienone is 3. The summed E-state index contributed by atoms with van der Waals surface area (Å²) in [6.07, 6.45) is 1.12. The zero-order valence-corrected chi connectivity index (χ0v) is 20.9. The number of carbonyl (C=O) groups excluding carboxylic acids is 2. The van der Waals surface area contributed by atoms with Gasteiger partial charge in [0, 0.05) is 28.4 Å². The predicted octanol–water partition coefficient (Wildman–Crippen LogP) is 6.09. The first-order valence-corrected chi connectivity index (χ1v) is 12.5. The SMILES string of the molecule is Cc1cccc(NC(=O)CSC2=C(C#N)[C@@H](c3ccc(Cl)cc3)C3=C(CC(C)(C)CC3=O)N2)c1. The van der Waals surface area contributed by atoms with Crippen LogP contribution in [0.15, 0.2) is 70.4 Å². The van der Waals surface area contributed by atoms with E-state index >= 15 is 0 Å². The van der Waals surface area contributed by atoms with Crippen LogP contribution in [0.1, 0.15) is 43.7 Å². The highest BCUT2D eigenvalue weighted by molar-refractivity contribution is 8.03. The van der Waals surface area contributed by atoms with Gasteiger partial charge < -0.3 is 10.6 Å². The first-order chi connectivity index (χ1) is 16.2. The fraction of sp³-hybridized carbons (Fsp3) is 0.296. The summed E-state index contributed by atoms with van der Waals surface area (Å²) in [5.74, 6) is -0.462. The molecule has 0 radical (unpaired) electrons. The van der Waals surface area contributed by atoms with Crippen molar-refractivity contribution < 1.29 is 9.59 Å². The van der Waals surface area contributed by atoms with Crippen LogP contribution in [-0.4, -0.2) is 17.4 Å². The van der Waals surface area contributed by atoms with Crippen LogP contribution in [0.25, 0.3) is 0 Å². The molecule has 1 heterocycles. The molecule has 2 aromatic carbocycles. The Morgan fingerprint density at radius 2 is 1.97 bits per heavy atom. The van der Waals surface area contributed by atoms with Gasteiger partial charge in [-0.05, 0) is 54.2 Å². The number of hydrogen-bond donors (Lipinski definition) is 2. The fourth-order valence-corrected chi connectivity index (χ4v) is 5.52. The molecule has 7 heteroatoms. The number of carbonyl (C=O) groups is 2. The Balaban J connectivity index is 1.65. The monoisotopic (exact) mass is 491 g/mol. The standard InChI is InChI=1S/C27H26ClN3O2S/c1-16-5-4-6-19(11-16)30-23(33)15-34-26-20(14-29)24(17-7-9-18(28)10-8-17)25-21(31-26)12-27(2,3)13-22(25)32/h4-11,24,31H,12-13,15H2,1-3H3,(H,30,33)/t24-/m1/s1. The van der Waals surface area contributed by atoms with Gasteiger partial charge in [0.15, 0.2) is 5.78 Å². The lowest BCUT2D eigenvalue weighted by atomic mass is 9.69. The van der Waals surface area contributed by atoms with E-state index in [4.69, 9.17) is 11.6 Å². The number of thioether (sulfide) groups is 1. The van der Waals surface area contributed by atoms with E-state index in [0.29, 0.717) is 34.0 Å². The Hall–Kier alpha value is -3.01. The first-order valence-electron chi connectivity index (χ1n) is 11.1. The summed E-state index contributed by atoms with van der Waals surface area (Å²) in [5.41, 5.74) is 4.38. The van der Waals surface area contributed by atoms with Crippen molar-refractivity contribution in [3.8, 4) is 6.07 Å². The quantitative estimate of drug-likeness (QED) is 0.529. The molecule has 174 valence electrons. The highest BCUT2D eigenvalue weighted by Gasteiger charge is 2.41. The molecule has 0 saturated heterocycles. The Kier molecular flexibility index (Phi) is 6.88. The molecule has 0 bridgehead atoms. The third kappa shape index (κ3) is 5.22. The number of nitrogens with zero attached hydrogens (tertiary/aromatic N) is 1. The predicted molar refractivity (Wildman–Crippen MR) is 137 cm³/mol. The minimum atomic E-state index is -0.482. The molecular formula is C27H26ClN3O2S. The molecule has 2 aliphatic rings. The molecule has 0 aromatic heterocycles. The van der Waals surface area contributed by atoms with Gasteiger partial charge in [-0.15, -0.1) is 0 Å². The summed E-state index contributed by atoms with van der Waals surface area (Å²) in [7, 11) is 0. The molecular weight excluding hydrogens is 466 g/mol. The molecule has 4 rings (SSSR count). The van der Waals surface area contributed by atoms with E-state index in [9.17, 15) is 14.9 Å². The minimum absolute atomic E-state index is 0.0488. The second-order valence-corrected chi connectivity index (χ2v) is 10.9. The number of dihydropyridines is 1. The number of hydrogen-bond acceptors (Lipinski definition) is 5. The molecule has 1 atom stereocenters. The number of aryl methyl sites for hydroxylation is 1. The number of anilines is 1. The van der Waals surface area contributed by atoms with Gasteiger partial charge in [0.1, 0.15) is 0 Å². The van der Waals surface area contributed by atoms with Crippen LogP contribution in [0.4, 0.5) is 5.69 Å². The van der Waals surface area contributed by atoms with Crippen molar-refractivity contribution in [2.24, 2.45) is 5.41 Å². The average molecular weight is 492 g/mol.